The molecule has 4 N–H and O–H groups in total. The van der Waals surface area contributed by atoms with Gasteiger partial charge in [0.1, 0.15) is 0 Å². The Balaban J connectivity index is 5.19. The summed E-state index contributed by atoms with van der Waals surface area (Å²) in [6.45, 7) is 10.6. The van der Waals surface area contributed by atoms with Gasteiger partial charge in [-0.05, 0) is 43.1 Å². The van der Waals surface area contributed by atoms with Crippen molar-refractivity contribution < 1.29 is 4.79 Å². The zero-order valence-electron chi connectivity index (χ0n) is 12.6. The van der Waals surface area contributed by atoms with Crippen molar-refractivity contribution in [3.63, 3.8) is 0 Å². The molecule has 1 amide bonds. The molecule has 1 unspecified atom stereocenters. The molecule has 0 heterocycles. The van der Waals surface area contributed by atoms with Crippen LogP contribution in [0, 0.1) is 11.8 Å². The third kappa shape index (κ3) is 6.20. The topological polar surface area (TPSA) is 69.1 Å². The molecule has 1 atom stereocenters. The molecule has 0 saturated carbocycles. The van der Waals surface area contributed by atoms with Crippen molar-refractivity contribution >= 4 is 5.91 Å². The molecule has 0 aliphatic carbocycles. The van der Waals surface area contributed by atoms with Crippen LogP contribution < -0.4 is 11.5 Å². The van der Waals surface area contributed by atoms with Crippen LogP contribution in [0.3, 0.4) is 0 Å². The molecule has 3 nitrogen and oxygen atoms in total. The number of carbonyl (C=O) groups excluding carboxylic acids is 1. The molecule has 0 radical (unpaired) electrons. The summed E-state index contributed by atoms with van der Waals surface area (Å²) in [5, 5.41) is 0. The fraction of sp³-hybridized carbons (Fsp3) is 0.800. The van der Waals surface area contributed by atoms with E-state index in [4.69, 9.17) is 11.5 Å². The van der Waals surface area contributed by atoms with Gasteiger partial charge < -0.3 is 11.5 Å². The molecular formula is C15H30N2O. The van der Waals surface area contributed by atoms with E-state index >= 15 is 0 Å². The van der Waals surface area contributed by atoms with Gasteiger partial charge in [-0.25, -0.2) is 0 Å². The summed E-state index contributed by atoms with van der Waals surface area (Å²) in [5.41, 5.74) is 13.5. The molecule has 0 spiro atoms. The van der Waals surface area contributed by atoms with Gasteiger partial charge in [0.2, 0.25) is 5.91 Å². The summed E-state index contributed by atoms with van der Waals surface area (Å²) in [6.07, 6.45) is 3.45. The van der Waals surface area contributed by atoms with Crippen LogP contribution in [-0.4, -0.2) is 11.9 Å². The lowest BCUT2D eigenvalue weighted by Crippen LogP contribution is -2.28. The second-order valence-electron chi connectivity index (χ2n) is 5.91. The quantitative estimate of drug-likeness (QED) is 0.654. The SMILES string of the molecule is CCC(N)/C(CC(C)C)=C(/CCC(C)C)C(N)=O. The molecule has 3 heteroatoms. The zero-order chi connectivity index (χ0) is 14.3. The van der Waals surface area contributed by atoms with Gasteiger partial charge in [0.15, 0.2) is 0 Å². The molecule has 0 fully saturated rings. The Morgan fingerprint density at radius 2 is 1.67 bits per heavy atom. The second-order valence-corrected chi connectivity index (χ2v) is 5.91. The van der Waals surface area contributed by atoms with Crippen LogP contribution in [0.1, 0.15) is 60.3 Å². The monoisotopic (exact) mass is 254 g/mol. The van der Waals surface area contributed by atoms with Crippen molar-refractivity contribution in [2.45, 2.75) is 66.3 Å². The fourth-order valence-electron chi connectivity index (χ4n) is 2.06. The third-order valence-corrected chi connectivity index (χ3v) is 3.17. The first-order valence-electron chi connectivity index (χ1n) is 7.06. The first-order chi connectivity index (χ1) is 8.29. The van der Waals surface area contributed by atoms with Crippen LogP contribution in [0.5, 0.6) is 0 Å². The number of carbonyl (C=O) groups is 1. The smallest absolute Gasteiger partial charge is 0.244 e. The fourth-order valence-corrected chi connectivity index (χ4v) is 2.06. The summed E-state index contributed by atoms with van der Waals surface area (Å²) in [5.74, 6) is 0.763. The van der Waals surface area contributed by atoms with Gasteiger partial charge in [-0.15, -0.1) is 0 Å². The maximum absolute atomic E-state index is 11.7. The Hall–Kier alpha value is -0.830. The first kappa shape index (κ1) is 17.2. The van der Waals surface area contributed by atoms with Crippen molar-refractivity contribution in [3.8, 4) is 0 Å². The summed E-state index contributed by atoms with van der Waals surface area (Å²) < 4.78 is 0. The van der Waals surface area contributed by atoms with E-state index < -0.39 is 0 Å². The van der Waals surface area contributed by atoms with Crippen molar-refractivity contribution in [1.29, 1.82) is 0 Å². The molecule has 0 bridgehead atoms. The van der Waals surface area contributed by atoms with Gasteiger partial charge in [0, 0.05) is 11.6 Å². The van der Waals surface area contributed by atoms with E-state index in [0.717, 1.165) is 36.8 Å². The number of primary amides is 1. The van der Waals surface area contributed by atoms with Gasteiger partial charge in [0.05, 0.1) is 0 Å². The van der Waals surface area contributed by atoms with Crippen LogP contribution in [0.15, 0.2) is 11.1 Å². The predicted octanol–water partition coefficient (Wildman–Crippen LogP) is 2.99. The Labute approximate surface area is 112 Å². The van der Waals surface area contributed by atoms with Gasteiger partial charge in [-0.1, -0.05) is 34.6 Å². The van der Waals surface area contributed by atoms with Crippen molar-refractivity contribution in [3.05, 3.63) is 11.1 Å². The summed E-state index contributed by atoms with van der Waals surface area (Å²) in [6, 6.07) is -0.0398. The maximum Gasteiger partial charge on any atom is 0.244 e. The highest BCUT2D eigenvalue weighted by molar-refractivity contribution is 5.92. The zero-order valence-corrected chi connectivity index (χ0v) is 12.6. The van der Waals surface area contributed by atoms with E-state index in [1.165, 1.54) is 0 Å². The van der Waals surface area contributed by atoms with Crippen LogP contribution in [0.2, 0.25) is 0 Å². The van der Waals surface area contributed by atoms with Gasteiger partial charge in [-0.3, -0.25) is 4.79 Å². The number of rotatable bonds is 8. The maximum atomic E-state index is 11.7. The molecular weight excluding hydrogens is 224 g/mol. The average molecular weight is 254 g/mol. The van der Waals surface area contributed by atoms with Crippen molar-refractivity contribution in [2.75, 3.05) is 0 Å². The Morgan fingerprint density at radius 1 is 1.11 bits per heavy atom. The lowest BCUT2D eigenvalue weighted by atomic mass is 9.88. The molecule has 18 heavy (non-hydrogen) atoms. The lowest BCUT2D eigenvalue weighted by molar-refractivity contribution is -0.114. The van der Waals surface area contributed by atoms with E-state index in [-0.39, 0.29) is 11.9 Å². The van der Waals surface area contributed by atoms with Gasteiger partial charge >= 0.3 is 0 Å². The highest BCUT2D eigenvalue weighted by Gasteiger charge is 2.18. The largest absolute Gasteiger partial charge is 0.366 e. The van der Waals surface area contributed by atoms with Crippen LogP contribution in [0.25, 0.3) is 0 Å². The molecule has 0 aliphatic heterocycles. The molecule has 0 aliphatic rings. The summed E-state index contributed by atoms with van der Waals surface area (Å²) in [4.78, 5) is 11.7. The van der Waals surface area contributed by atoms with Crippen LogP contribution in [0.4, 0.5) is 0 Å². The normalized spacial score (nSPS) is 14.9. The third-order valence-electron chi connectivity index (χ3n) is 3.17. The number of amides is 1. The van der Waals surface area contributed by atoms with Gasteiger partial charge in [-0.2, -0.15) is 0 Å². The van der Waals surface area contributed by atoms with E-state index in [0.29, 0.717) is 11.8 Å². The predicted molar refractivity (Wildman–Crippen MR) is 78.0 cm³/mol. The average Bonchev–Trinajstić information content (AvgIpc) is 2.25. The molecule has 0 aromatic rings. The van der Waals surface area contributed by atoms with Crippen LogP contribution in [-0.2, 0) is 4.79 Å². The van der Waals surface area contributed by atoms with Gasteiger partial charge in [0.25, 0.3) is 0 Å². The minimum Gasteiger partial charge on any atom is -0.366 e. The minimum absolute atomic E-state index is 0.0398. The first-order valence-corrected chi connectivity index (χ1v) is 7.06. The van der Waals surface area contributed by atoms with Crippen molar-refractivity contribution in [1.82, 2.24) is 0 Å². The summed E-state index contributed by atoms with van der Waals surface area (Å²) in [7, 11) is 0. The molecule has 0 aromatic carbocycles. The molecule has 106 valence electrons. The Morgan fingerprint density at radius 3 is 2.00 bits per heavy atom. The van der Waals surface area contributed by atoms with Crippen LogP contribution >= 0.6 is 0 Å². The lowest BCUT2D eigenvalue weighted by Gasteiger charge is -2.21. The highest BCUT2D eigenvalue weighted by atomic mass is 16.1. The standard InChI is InChI=1S/C15H30N2O/c1-6-14(16)13(9-11(4)5)12(15(17)18)8-7-10(2)3/h10-11,14H,6-9,16H2,1-5H3,(H2,17,18)/b13-12-. The molecule has 0 rings (SSSR count). The summed E-state index contributed by atoms with van der Waals surface area (Å²) >= 11 is 0. The Bertz CT molecular complexity index is 293. The molecule has 0 saturated heterocycles. The number of hydrogen-bond donors (Lipinski definition) is 2. The Kier molecular flexibility index (Phi) is 7.92. The minimum atomic E-state index is -0.296. The van der Waals surface area contributed by atoms with Crippen molar-refractivity contribution in [2.24, 2.45) is 23.3 Å². The highest BCUT2D eigenvalue weighted by Crippen LogP contribution is 2.23. The molecule has 0 aromatic heterocycles. The van der Waals surface area contributed by atoms with E-state index in [1.54, 1.807) is 0 Å². The second kappa shape index (κ2) is 8.30. The van der Waals surface area contributed by atoms with E-state index in [2.05, 4.69) is 27.7 Å². The number of hydrogen-bond acceptors (Lipinski definition) is 2. The number of nitrogens with two attached hydrogens (primary N) is 2. The van der Waals surface area contributed by atoms with E-state index in [1.807, 2.05) is 6.92 Å². The van der Waals surface area contributed by atoms with E-state index in [9.17, 15) is 4.79 Å².